The zero-order valence-electron chi connectivity index (χ0n) is 10.9. The second-order valence-electron chi connectivity index (χ2n) is 6.92. The zero-order valence-corrected chi connectivity index (χ0v) is 10.9. The molecule has 4 fully saturated rings. The molecule has 4 aliphatic carbocycles. The maximum atomic E-state index is 6.39. The van der Waals surface area contributed by atoms with Gasteiger partial charge < -0.3 is 4.74 Å². The quantitative estimate of drug-likeness (QED) is 0.698. The van der Waals surface area contributed by atoms with Crippen molar-refractivity contribution in [2.75, 3.05) is 6.61 Å². The molecule has 92 valence electrons. The molecule has 0 spiro atoms. The molecule has 0 aliphatic heterocycles. The standard InChI is InChI=1S/C15H26O/c1-3-11(2)10-16-15-7-12-4-13(8-15)6-14(5-12)9-15/h11-14H,3-10H2,1-2H3. The van der Waals surface area contributed by atoms with E-state index in [1.807, 2.05) is 0 Å². The van der Waals surface area contributed by atoms with Gasteiger partial charge in [-0.2, -0.15) is 0 Å². The van der Waals surface area contributed by atoms with Gasteiger partial charge in [0.15, 0.2) is 0 Å². The number of hydrogen-bond acceptors (Lipinski definition) is 1. The van der Waals surface area contributed by atoms with Crippen molar-refractivity contribution >= 4 is 0 Å². The summed E-state index contributed by atoms with van der Waals surface area (Å²) in [7, 11) is 0. The van der Waals surface area contributed by atoms with Crippen molar-refractivity contribution in [2.24, 2.45) is 23.7 Å². The highest BCUT2D eigenvalue weighted by Crippen LogP contribution is 2.57. The summed E-state index contributed by atoms with van der Waals surface area (Å²) in [5.74, 6) is 3.79. The van der Waals surface area contributed by atoms with Crippen LogP contribution < -0.4 is 0 Å². The van der Waals surface area contributed by atoms with Crippen molar-refractivity contribution in [1.29, 1.82) is 0 Å². The second kappa shape index (κ2) is 4.01. The minimum atomic E-state index is 0.332. The molecule has 0 heterocycles. The van der Waals surface area contributed by atoms with Gasteiger partial charge in [-0.05, 0) is 62.2 Å². The van der Waals surface area contributed by atoms with Crippen molar-refractivity contribution in [3.05, 3.63) is 0 Å². The second-order valence-corrected chi connectivity index (χ2v) is 6.92. The lowest BCUT2D eigenvalue weighted by Gasteiger charge is -2.56. The summed E-state index contributed by atoms with van der Waals surface area (Å²) in [6.45, 7) is 5.59. The highest BCUT2D eigenvalue weighted by atomic mass is 16.5. The SMILES string of the molecule is CCC(C)COC12CC3CC(CC(C3)C1)C2. The number of ether oxygens (including phenoxy) is 1. The number of rotatable bonds is 4. The van der Waals surface area contributed by atoms with Gasteiger partial charge in [0, 0.05) is 6.61 Å². The van der Waals surface area contributed by atoms with Crippen LogP contribution in [0, 0.1) is 23.7 Å². The summed E-state index contributed by atoms with van der Waals surface area (Å²) < 4.78 is 6.39. The maximum Gasteiger partial charge on any atom is 0.0690 e. The fraction of sp³-hybridized carbons (Fsp3) is 1.00. The molecule has 0 aromatic carbocycles. The molecule has 4 aliphatic rings. The molecule has 0 saturated heterocycles. The molecule has 4 saturated carbocycles. The maximum absolute atomic E-state index is 6.39. The highest BCUT2D eigenvalue weighted by molar-refractivity contribution is 5.03. The molecule has 0 N–H and O–H groups in total. The summed E-state index contributed by atoms with van der Waals surface area (Å²) in [4.78, 5) is 0. The normalized spacial score (nSPS) is 47.2. The third-order valence-electron chi connectivity index (χ3n) is 5.35. The van der Waals surface area contributed by atoms with Gasteiger partial charge in [0.2, 0.25) is 0 Å². The van der Waals surface area contributed by atoms with Gasteiger partial charge in [0.1, 0.15) is 0 Å². The van der Waals surface area contributed by atoms with Gasteiger partial charge in [-0.3, -0.25) is 0 Å². The van der Waals surface area contributed by atoms with E-state index in [1.54, 1.807) is 0 Å². The van der Waals surface area contributed by atoms with E-state index in [-0.39, 0.29) is 0 Å². The van der Waals surface area contributed by atoms with Crippen molar-refractivity contribution in [2.45, 2.75) is 64.4 Å². The first-order valence-electron chi connectivity index (χ1n) is 7.33. The average molecular weight is 222 g/mol. The summed E-state index contributed by atoms with van der Waals surface area (Å²) in [5.41, 5.74) is 0.332. The fourth-order valence-corrected chi connectivity index (χ4v) is 4.64. The number of hydrogen-bond donors (Lipinski definition) is 0. The van der Waals surface area contributed by atoms with E-state index in [9.17, 15) is 0 Å². The van der Waals surface area contributed by atoms with Crippen LogP contribution in [0.15, 0.2) is 0 Å². The Balaban J connectivity index is 1.64. The summed E-state index contributed by atoms with van der Waals surface area (Å²) >= 11 is 0. The molecule has 4 bridgehead atoms. The molecular weight excluding hydrogens is 196 g/mol. The van der Waals surface area contributed by atoms with Crippen LogP contribution in [0.3, 0.4) is 0 Å². The van der Waals surface area contributed by atoms with E-state index in [2.05, 4.69) is 13.8 Å². The Bertz CT molecular complexity index is 223. The van der Waals surface area contributed by atoms with Crippen LogP contribution >= 0.6 is 0 Å². The Kier molecular flexibility index (Phi) is 2.78. The average Bonchev–Trinajstić information content (AvgIpc) is 2.24. The Hall–Kier alpha value is -0.0400. The summed E-state index contributed by atoms with van der Waals surface area (Å²) in [6, 6.07) is 0. The molecule has 16 heavy (non-hydrogen) atoms. The van der Waals surface area contributed by atoms with E-state index < -0.39 is 0 Å². The molecule has 1 atom stereocenters. The van der Waals surface area contributed by atoms with Crippen molar-refractivity contribution in [3.8, 4) is 0 Å². The molecule has 1 unspecified atom stereocenters. The first kappa shape index (κ1) is 11.1. The predicted molar refractivity (Wildman–Crippen MR) is 66.3 cm³/mol. The molecule has 1 nitrogen and oxygen atoms in total. The van der Waals surface area contributed by atoms with Crippen molar-refractivity contribution in [3.63, 3.8) is 0 Å². The van der Waals surface area contributed by atoms with Gasteiger partial charge in [0.25, 0.3) is 0 Å². The van der Waals surface area contributed by atoms with Crippen LogP contribution in [-0.4, -0.2) is 12.2 Å². The largest absolute Gasteiger partial charge is 0.375 e. The van der Waals surface area contributed by atoms with Crippen molar-refractivity contribution < 1.29 is 4.74 Å². The van der Waals surface area contributed by atoms with Crippen molar-refractivity contribution in [1.82, 2.24) is 0 Å². The molecular formula is C15H26O. The summed E-state index contributed by atoms with van der Waals surface area (Å²) in [5, 5.41) is 0. The first-order valence-corrected chi connectivity index (χ1v) is 7.33. The third-order valence-corrected chi connectivity index (χ3v) is 5.35. The Morgan fingerprint density at radius 3 is 2.00 bits per heavy atom. The fourth-order valence-electron chi connectivity index (χ4n) is 4.64. The predicted octanol–water partition coefficient (Wildman–Crippen LogP) is 4.02. The molecule has 0 radical (unpaired) electrons. The van der Waals surface area contributed by atoms with E-state index in [4.69, 9.17) is 4.74 Å². The Morgan fingerprint density at radius 2 is 1.56 bits per heavy atom. The third kappa shape index (κ3) is 1.92. The van der Waals surface area contributed by atoms with Gasteiger partial charge in [-0.1, -0.05) is 20.3 Å². The van der Waals surface area contributed by atoms with Crippen LogP contribution in [0.4, 0.5) is 0 Å². The minimum absolute atomic E-state index is 0.332. The smallest absolute Gasteiger partial charge is 0.0690 e. The van der Waals surface area contributed by atoms with E-state index >= 15 is 0 Å². The highest BCUT2D eigenvalue weighted by Gasteiger charge is 2.51. The van der Waals surface area contributed by atoms with E-state index in [0.717, 1.165) is 30.3 Å². The van der Waals surface area contributed by atoms with Gasteiger partial charge in [0.05, 0.1) is 5.60 Å². The van der Waals surface area contributed by atoms with Gasteiger partial charge in [-0.15, -0.1) is 0 Å². The Morgan fingerprint density at radius 1 is 1.06 bits per heavy atom. The molecule has 4 rings (SSSR count). The summed E-state index contributed by atoms with van der Waals surface area (Å²) in [6.07, 6.45) is 9.97. The molecule has 0 aromatic heterocycles. The van der Waals surface area contributed by atoms with Crippen LogP contribution in [-0.2, 0) is 4.74 Å². The van der Waals surface area contributed by atoms with E-state index in [1.165, 1.54) is 44.9 Å². The monoisotopic (exact) mass is 222 g/mol. The van der Waals surface area contributed by atoms with Crippen LogP contribution in [0.25, 0.3) is 0 Å². The lowest BCUT2D eigenvalue weighted by atomic mass is 9.54. The van der Waals surface area contributed by atoms with E-state index in [0.29, 0.717) is 5.60 Å². The molecule has 0 aromatic rings. The van der Waals surface area contributed by atoms with Crippen LogP contribution in [0.5, 0.6) is 0 Å². The molecule has 1 heteroatoms. The van der Waals surface area contributed by atoms with Gasteiger partial charge in [-0.25, -0.2) is 0 Å². The topological polar surface area (TPSA) is 9.23 Å². The van der Waals surface area contributed by atoms with Gasteiger partial charge >= 0.3 is 0 Å². The van der Waals surface area contributed by atoms with Crippen LogP contribution in [0.1, 0.15) is 58.8 Å². The lowest BCUT2D eigenvalue weighted by Crippen LogP contribution is -2.52. The lowest BCUT2D eigenvalue weighted by molar-refractivity contribution is -0.168. The zero-order chi connectivity index (χ0) is 11.2. The first-order chi connectivity index (χ1) is 7.69. The Labute approximate surface area is 99.9 Å². The van der Waals surface area contributed by atoms with Crippen LogP contribution in [0.2, 0.25) is 0 Å². The minimum Gasteiger partial charge on any atom is -0.375 e. The molecule has 0 amide bonds.